The molecule has 1 aromatic rings. The second-order valence-electron chi connectivity index (χ2n) is 4.22. The first-order chi connectivity index (χ1) is 7.24. The Morgan fingerprint density at radius 2 is 2.20 bits per heavy atom. The molecule has 1 aliphatic rings. The minimum atomic E-state index is 1.18. The number of hydrogen-bond donors (Lipinski definition) is 0. The number of benzene rings is 1. The summed E-state index contributed by atoms with van der Waals surface area (Å²) in [7, 11) is 2.18. The Morgan fingerprint density at radius 1 is 1.40 bits per heavy atom. The molecule has 0 fully saturated rings. The van der Waals surface area contributed by atoms with Gasteiger partial charge in [0.15, 0.2) is 5.71 Å². The van der Waals surface area contributed by atoms with Gasteiger partial charge in [0.2, 0.25) is 0 Å². The van der Waals surface area contributed by atoms with Crippen LogP contribution in [0.5, 0.6) is 0 Å². The molecule has 15 heavy (non-hydrogen) atoms. The minimum Gasteiger partial charge on any atom is -0.236 e. The molecule has 0 radical (unpaired) electrons. The van der Waals surface area contributed by atoms with Crippen molar-refractivity contribution in [2.45, 2.75) is 19.8 Å². The Kier molecular flexibility index (Phi) is 2.72. The van der Waals surface area contributed by atoms with Crippen molar-refractivity contribution in [3.8, 4) is 0 Å². The molecule has 0 N–H and O–H groups in total. The third-order valence-electron chi connectivity index (χ3n) is 3.18. The molecule has 1 heterocycles. The van der Waals surface area contributed by atoms with Crippen LogP contribution in [-0.4, -0.2) is 23.9 Å². The van der Waals surface area contributed by atoms with E-state index in [9.17, 15) is 0 Å². The minimum absolute atomic E-state index is 1.18. The van der Waals surface area contributed by atoms with Crippen molar-refractivity contribution in [1.29, 1.82) is 0 Å². The lowest BCUT2D eigenvalue weighted by Crippen LogP contribution is -2.13. The monoisotopic (exact) mass is 200 g/mol. The van der Waals surface area contributed by atoms with Crippen LogP contribution in [0.4, 0.5) is 0 Å². The lowest BCUT2D eigenvalue weighted by Gasteiger charge is -2.07. The van der Waals surface area contributed by atoms with Gasteiger partial charge in [-0.2, -0.15) is 0 Å². The molecular weight excluding hydrogens is 182 g/mol. The van der Waals surface area contributed by atoms with Crippen molar-refractivity contribution in [3.05, 3.63) is 41.5 Å². The molecule has 0 aliphatic carbocycles. The van der Waals surface area contributed by atoms with Crippen molar-refractivity contribution in [1.82, 2.24) is 0 Å². The molecule has 0 unspecified atom stereocenters. The second kappa shape index (κ2) is 4.01. The van der Waals surface area contributed by atoms with Gasteiger partial charge in [-0.3, -0.25) is 0 Å². The van der Waals surface area contributed by atoms with Crippen LogP contribution in [0, 0.1) is 6.92 Å². The standard InChI is InChI=1S/C14H18N/c1-4-12-8-5-7-11(2)14(12)13-9-6-10-15(13)3/h4-5,7-8H,1,6,9-10H2,2-3H3/q+1. The fourth-order valence-corrected chi connectivity index (χ4v) is 2.38. The fraction of sp³-hybridized carbons (Fsp3) is 0.357. The number of nitrogens with zero attached hydrogens (tertiary/aromatic N) is 1. The molecule has 0 atom stereocenters. The lowest BCUT2D eigenvalue weighted by molar-refractivity contribution is -0.488. The van der Waals surface area contributed by atoms with Gasteiger partial charge in [0.1, 0.15) is 13.6 Å². The van der Waals surface area contributed by atoms with E-state index in [-0.39, 0.29) is 0 Å². The van der Waals surface area contributed by atoms with Crippen molar-refractivity contribution in [2.75, 3.05) is 13.6 Å². The summed E-state index contributed by atoms with van der Waals surface area (Å²) in [5.74, 6) is 0. The summed E-state index contributed by atoms with van der Waals surface area (Å²) in [6.07, 6.45) is 4.43. The Hall–Kier alpha value is -1.37. The molecule has 0 spiro atoms. The Bertz CT molecular complexity index is 427. The summed E-state index contributed by atoms with van der Waals surface area (Å²) >= 11 is 0. The summed E-state index contributed by atoms with van der Waals surface area (Å²) < 4.78 is 2.37. The van der Waals surface area contributed by atoms with Gasteiger partial charge in [0.05, 0.1) is 5.56 Å². The van der Waals surface area contributed by atoms with Crippen molar-refractivity contribution < 1.29 is 4.58 Å². The van der Waals surface area contributed by atoms with Crippen LogP contribution in [0.15, 0.2) is 24.8 Å². The van der Waals surface area contributed by atoms with Crippen molar-refractivity contribution in [3.63, 3.8) is 0 Å². The van der Waals surface area contributed by atoms with Crippen LogP contribution in [0.25, 0.3) is 6.08 Å². The van der Waals surface area contributed by atoms with Gasteiger partial charge in [0, 0.05) is 12.8 Å². The predicted molar refractivity (Wildman–Crippen MR) is 65.7 cm³/mol. The molecule has 0 aromatic heterocycles. The van der Waals surface area contributed by atoms with Gasteiger partial charge in [0.25, 0.3) is 0 Å². The number of aryl methyl sites for hydroxylation is 1. The van der Waals surface area contributed by atoms with Crippen LogP contribution in [0.2, 0.25) is 0 Å². The fourth-order valence-electron chi connectivity index (χ4n) is 2.38. The highest BCUT2D eigenvalue weighted by Crippen LogP contribution is 2.21. The summed E-state index contributed by atoms with van der Waals surface area (Å²) in [4.78, 5) is 0. The topological polar surface area (TPSA) is 3.01 Å². The molecule has 0 saturated carbocycles. The average Bonchev–Trinajstić information content (AvgIpc) is 2.64. The maximum Gasteiger partial charge on any atom is 0.184 e. The van der Waals surface area contributed by atoms with E-state index >= 15 is 0 Å². The first kappa shape index (κ1) is 10.2. The molecular formula is C14H18N+. The Labute approximate surface area is 91.8 Å². The molecule has 2 rings (SSSR count). The van der Waals surface area contributed by atoms with Gasteiger partial charge in [-0.05, 0) is 18.1 Å². The van der Waals surface area contributed by atoms with E-state index in [0.717, 1.165) is 0 Å². The van der Waals surface area contributed by atoms with Crippen LogP contribution >= 0.6 is 0 Å². The second-order valence-corrected chi connectivity index (χ2v) is 4.22. The summed E-state index contributed by atoms with van der Waals surface area (Å²) in [6, 6.07) is 6.43. The van der Waals surface area contributed by atoms with E-state index < -0.39 is 0 Å². The van der Waals surface area contributed by atoms with Crippen LogP contribution in [-0.2, 0) is 0 Å². The molecule has 1 aromatic carbocycles. The van der Waals surface area contributed by atoms with Crippen molar-refractivity contribution >= 4 is 11.8 Å². The SMILES string of the molecule is C=Cc1cccc(C)c1C1=[N+](C)CCC1. The van der Waals surface area contributed by atoms with Gasteiger partial charge < -0.3 is 0 Å². The smallest absolute Gasteiger partial charge is 0.184 e. The van der Waals surface area contributed by atoms with Gasteiger partial charge in [-0.1, -0.05) is 30.9 Å². The molecule has 0 amide bonds. The third-order valence-corrected chi connectivity index (χ3v) is 3.18. The first-order valence-corrected chi connectivity index (χ1v) is 5.53. The molecule has 0 saturated heterocycles. The zero-order valence-electron chi connectivity index (χ0n) is 9.59. The zero-order chi connectivity index (χ0) is 10.8. The molecule has 1 aliphatic heterocycles. The largest absolute Gasteiger partial charge is 0.236 e. The van der Waals surface area contributed by atoms with E-state index in [1.165, 1.54) is 41.8 Å². The van der Waals surface area contributed by atoms with Gasteiger partial charge >= 0.3 is 0 Å². The highest BCUT2D eigenvalue weighted by Gasteiger charge is 2.23. The maximum absolute atomic E-state index is 3.90. The van der Waals surface area contributed by atoms with Crippen LogP contribution in [0.3, 0.4) is 0 Å². The first-order valence-electron chi connectivity index (χ1n) is 5.53. The predicted octanol–water partition coefficient (Wildman–Crippen LogP) is 2.86. The molecule has 0 bridgehead atoms. The summed E-state index contributed by atoms with van der Waals surface area (Å²) in [5.41, 5.74) is 5.49. The quantitative estimate of drug-likeness (QED) is 0.646. The van der Waals surface area contributed by atoms with Crippen LogP contribution < -0.4 is 0 Å². The Balaban J connectivity index is 2.60. The van der Waals surface area contributed by atoms with Gasteiger partial charge in [-0.25, -0.2) is 4.58 Å². The van der Waals surface area contributed by atoms with E-state index in [1.54, 1.807) is 0 Å². The van der Waals surface area contributed by atoms with Gasteiger partial charge in [-0.15, -0.1) is 0 Å². The number of rotatable bonds is 2. The van der Waals surface area contributed by atoms with E-state index in [0.29, 0.717) is 0 Å². The highest BCUT2D eigenvalue weighted by molar-refractivity contribution is 6.01. The third kappa shape index (κ3) is 1.74. The zero-order valence-corrected chi connectivity index (χ0v) is 9.59. The van der Waals surface area contributed by atoms with E-state index in [1.807, 2.05) is 6.08 Å². The molecule has 1 heteroatoms. The maximum atomic E-state index is 3.90. The average molecular weight is 200 g/mol. The van der Waals surface area contributed by atoms with Crippen LogP contribution in [0.1, 0.15) is 29.5 Å². The summed E-state index contributed by atoms with van der Waals surface area (Å²) in [5, 5.41) is 0. The lowest BCUT2D eigenvalue weighted by atomic mass is 9.96. The Morgan fingerprint density at radius 3 is 2.80 bits per heavy atom. The van der Waals surface area contributed by atoms with E-state index in [2.05, 4.69) is 43.3 Å². The van der Waals surface area contributed by atoms with Crippen molar-refractivity contribution in [2.24, 2.45) is 0 Å². The molecule has 1 nitrogen and oxygen atoms in total. The molecule has 78 valence electrons. The van der Waals surface area contributed by atoms with E-state index in [4.69, 9.17) is 0 Å². The normalized spacial score (nSPS) is 15.9. The number of hydrogen-bond acceptors (Lipinski definition) is 0. The summed E-state index contributed by atoms with van der Waals surface area (Å²) in [6.45, 7) is 7.26. The highest BCUT2D eigenvalue weighted by atomic mass is 15.0.